The molecule has 0 atom stereocenters. The van der Waals surface area contributed by atoms with Crippen LogP contribution >= 0.6 is 12.4 Å². The molecule has 0 unspecified atom stereocenters. The van der Waals surface area contributed by atoms with Gasteiger partial charge in [-0.15, -0.1) is 12.4 Å². The predicted molar refractivity (Wildman–Crippen MR) is 105 cm³/mol. The summed E-state index contributed by atoms with van der Waals surface area (Å²) in [4.78, 5) is 0. The minimum atomic E-state index is 0. The number of ether oxygens (including phenoxy) is 3. The molecule has 0 fully saturated rings. The quantitative estimate of drug-likeness (QED) is 0.586. The molecule has 26 heavy (non-hydrogen) atoms. The zero-order valence-corrected chi connectivity index (χ0v) is 16.2. The predicted octanol–water partition coefficient (Wildman–Crippen LogP) is 3.10. The first-order chi connectivity index (χ1) is 12.2. The first-order valence-corrected chi connectivity index (χ1v) is 8.48. The Morgan fingerprint density at radius 2 is 1.81 bits per heavy atom. The van der Waals surface area contributed by atoms with E-state index in [0.717, 1.165) is 22.6 Å². The summed E-state index contributed by atoms with van der Waals surface area (Å²) in [6.45, 7) is 4.90. The molecule has 0 saturated heterocycles. The normalized spacial score (nSPS) is 10.3. The lowest BCUT2D eigenvalue weighted by Crippen LogP contribution is -2.20. The van der Waals surface area contributed by atoms with Crippen molar-refractivity contribution in [3.8, 4) is 11.5 Å². The fourth-order valence-corrected chi connectivity index (χ4v) is 2.40. The number of halogens is 1. The zero-order valence-electron chi connectivity index (χ0n) is 15.4. The molecule has 0 saturated carbocycles. The molecule has 0 aliphatic rings. The van der Waals surface area contributed by atoms with Crippen molar-refractivity contribution in [3.05, 3.63) is 59.2 Å². The molecule has 5 nitrogen and oxygen atoms in total. The molecule has 144 valence electrons. The van der Waals surface area contributed by atoms with E-state index < -0.39 is 0 Å². The maximum absolute atomic E-state index is 8.69. The number of rotatable bonds is 11. The number of aliphatic hydroxyl groups excluding tert-OH is 1. The van der Waals surface area contributed by atoms with E-state index in [4.69, 9.17) is 19.3 Å². The van der Waals surface area contributed by atoms with E-state index in [1.54, 1.807) is 7.11 Å². The van der Waals surface area contributed by atoms with Gasteiger partial charge >= 0.3 is 0 Å². The molecular weight excluding hydrogens is 354 g/mol. The van der Waals surface area contributed by atoms with Crippen LogP contribution in [0.3, 0.4) is 0 Å². The molecule has 6 heteroatoms. The van der Waals surface area contributed by atoms with Crippen LogP contribution in [0.2, 0.25) is 0 Å². The number of hydrogen-bond acceptors (Lipinski definition) is 5. The van der Waals surface area contributed by atoms with E-state index in [-0.39, 0.29) is 19.0 Å². The number of aliphatic hydroxyl groups is 1. The third kappa shape index (κ3) is 7.22. The van der Waals surface area contributed by atoms with Gasteiger partial charge in [0.1, 0.15) is 6.61 Å². The smallest absolute Gasteiger partial charge is 0.166 e. The van der Waals surface area contributed by atoms with Crippen LogP contribution in [0.15, 0.2) is 42.5 Å². The molecule has 0 radical (unpaired) electrons. The fourth-order valence-electron chi connectivity index (χ4n) is 2.40. The van der Waals surface area contributed by atoms with Crippen LogP contribution in [0, 0.1) is 6.92 Å². The van der Waals surface area contributed by atoms with Crippen LogP contribution in [0.4, 0.5) is 0 Å². The minimum absolute atomic E-state index is 0. The summed E-state index contributed by atoms with van der Waals surface area (Å²) < 4.78 is 16.7. The van der Waals surface area contributed by atoms with Gasteiger partial charge in [0.25, 0.3) is 0 Å². The molecule has 0 bridgehead atoms. The van der Waals surface area contributed by atoms with E-state index in [0.29, 0.717) is 32.9 Å². The number of para-hydroxylation sites is 1. The molecule has 0 spiro atoms. The van der Waals surface area contributed by atoms with E-state index in [1.165, 1.54) is 5.56 Å². The topological polar surface area (TPSA) is 60.0 Å². The highest BCUT2D eigenvalue weighted by Gasteiger charge is 2.10. The average Bonchev–Trinajstić information content (AvgIpc) is 2.64. The maximum atomic E-state index is 8.69. The van der Waals surface area contributed by atoms with Gasteiger partial charge in [0, 0.05) is 18.7 Å². The van der Waals surface area contributed by atoms with Crippen molar-refractivity contribution in [1.82, 2.24) is 5.32 Å². The average molecular weight is 382 g/mol. The van der Waals surface area contributed by atoms with Crippen LogP contribution in [0.1, 0.15) is 16.7 Å². The van der Waals surface area contributed by atoms with Crippen molar-refractivity contribution in [2.45, 2.75) is 20.1 Å². The summed E-state index contributed by atoms with van der Waals surface area (Å²) >= 11 is 0. The van der Waals surface area contributed by atoms with Gasteiger partial charge in [-0.25, -0.2) is 0 Å². The van der Waals surface area contributed by atoms with Crippen LogP contribution in [0.5, 0.6) is 11.5 Å². The molecular formula is C20H28ClNO4. The van der Waals surface area contributed by atoms with Crippen LogP contribution in [0.25, 0.3) is 0 Å². The lowest BCUT2D eigenvalue weighted by Gasteiger charge is -2.16. The summed E-state index contributed by atoms with van der Waals surface area (Å²) in [7, 11) is 1.65. The number of aryl methyl sites for hydroxylation is 1. The zero-order chi connectivity index (χ0) is 17.9. The van der Waals surface area contributed by atoms with Crippen LogP contribution < -0.4 is 14.8 Å². The Hall–Kier alpha value is -1.79. The number of methoxy groups -OCH3 is 1. The van der Waals surface area contributed by atoms with E-state index >= 15 is 0 Å². The monoisotopic (exact) mass is 381 g/mol. The minimum Gasteiger partial charge on any atom is -0.493 e. The Bertz CT molecular complexity index is 634. The Balaban J connectivity index is 0.00000338. The standard InChI is InChI=1S/C20H27NO4.ClH/c1-16-6-8-17(9-7-16)15-25-20-18(4-3-5-19(20)23-2)14-21-10-12-24-13-11-22;/h3-9,21-22H,10-15H2,1-2H3;1H. The van der Waals surface area contributed by atoms with E-state index in [1.807, 2.05) is 18.2 Å². The van der Waals surface area contributed by atoms with Gasteiger partial charge in [0.05, 0.1) is 26.9 Å². The number of benzene rings is 2. The molecule has 2 aromatic rings. The number of nitrogens with one attached hydrogen (secondary N) is 1. The number of hydrogen-bond donors (Lipinski definition) is 2. The molecule has 2 rings (SSSR count). The lowest BCUT2D eigenvalue weighted by atomic mass is 10.1. The Morgan fingerprint density at radius 3 is 2.50 bits per heavy atom. The van der Waals surface area contributed by atoms with Crippen molar-refractivity contribution in [2.24, 2.45) is 0 Å². The van der Waals surface area contributed by atoms with Gasteiger partial charge in [0.15, 0.2) is 11.5 Å². The van der Waals surface area contributed by atoms with Gasteiger partial charge in [-0.2, -0.15) is 0 Å². The van der Waals surface area contributed by atoms with Crippen molar-refractivity contribution in [2.75, 3.05) is 33.5 Å². The molecule has 0 aliphatic heterocycles. The molecule has 0 aliphatic carbocycles. The SMILES string of the molecule is COc1cccc(CNCCOCCO)c1OCc1ccc(C)cc1.Cl. The highest BCUT2D eigenvalue weighted by atomic mass is 35.5. The summed E-state index contributed by atoms with van der Waals surface area (Å²) in [5, 5.41) is 12.0. The Kier molecular flexibility index (Phi) is 10.7. The summed E-state index contributed by atoms with van der Waals surface area (Å²) in [6, 6.07) is 14.2. The van der Waals surface area contributed by atoms with Gasteiger partial charge in [-0.3, -0.25) is 0 Å². The first kappa shape index (κ1) is 22.3. The maximum Gasteiger partial charge on any atom is 0.166 e. The van der Waals surface area contributed by atoms with E-state index in [9.17, 15) is 0 Å². The van der Waals surface area contributed by atoms with Gasteiger partial charge in [-0.05, 0) is 18.6 Å². The molecule has 0 heterocycles. The lowest BCUT2D eigenvalue weighted by molar-refractivity contribution is 0.0937. The second-order valence-electron chi connectivity index (χ2n) is 5.74. The van der Waals surface area contributed by atoms with Crippen LogP contribution in [-0.2, 0) is 17.9 Å². The highest BCUT2D eigenvalue weighted by molar-refractivity contribution is 5.85. The van der Waals surface area contributed by atoms with Crippen molar-refractivity contribution < 1.29 is 19.3 Å². The van der Waals surface area contributed by atoms with Crippen molar-refractivity contribution in [3.63, 3.8) is 0 Å². The van der Waals surface area contributed by atoms with Gasteiger partial charge in [-0.1, -0.05) is 42.0 Å². The first-order valence-electron chi connectivity index (χ1n) is 8.48. The third-order valence-corrected chi connectivity index (χ3v) is 3.76. The molecule has 2 aromatic carbocycles. The van der Waals surface area contributed by atoms with E-state index in [2.05, 4.69) is 36.5 Å². The van der Waals surface area contributed by atoms with Crippen molar-refractivity contribution in [1.29, 1.82) is 0 Å². The second-order valence-corrected chi connectivity index (χ2v) is 5.74. The van der Waals surface area contributed by atoms with Gasteiger partial charge < -0.3 is 24.6 Å². The van der Waals surface area contributed by atoms with Crippen molar-refractivity contribution >= 4 is 12.4 Å². The van der Waals surface area contributed by atoms with Gasteiger partial charge in [0.2, 0.25) is 0 Å². The Labute approximate surface area is 161 Å². The molecule has 2 N–H and O–H groups in total. The third-order valence-electron chi connectivity index (χ3n) is 3.76. The summed E-state index contributed by atoms with van der Waals surface area (Å²) in [6.07, 6.45) is 0. The summed E-state index contributed by atoms with van der Waals surface area (Å²) in [5.74, 6) is 1.48. The fraction of sp³-hybridized carbons (Fsp3) is 0.400. The molecule has 0 aromatic heterocycles. The summed E-state index contributed by atoms with van der Waals surface area (Å²) in [5.41, 5.74) is 3.38. The van der Waals surface area contributed by atoms with Crippen LogP contribution in [-0.4, -0.2) is 38.6 Å². The largest absolute Gasteiger partial charge is 0.493 e. The highest BCUT2D eigenvalue weighted by Crippen LogP contribution is 2.31. The Morgan fingerprint density at radius 1 is 1.04 bits per heavy atom. The second kappa shape index (κ2) is 12.5. The molecule has 0 amide bonds.